The Morgan fingerprint density at radius 1 is 0.538 bits per heavy atom. The molecule has 15 unspecified atom stereocenters. The van der Waals surface area contributed by atoms with E-state index in [0.29, 0.717) is 70.5 Å². The first-order chi connectivity index (χ1) is 49.6. The number of benzene rings is 2. The van der Waals surface area contributed by atoms with E-state index in [1.165, 1.54) is 46.2 Å². The Hall–Kier alpha value is -8.55. The van der Waals surface area contributed by atoms with Crippen molar-refractivity contribution in [2.24, 2.45) is 47.3 Å². The van der Waals surface area contributed by atoms with Gasteiger partial charge in [-0.05, 0) is 212 Å². The molecule has 10 aliphatic rings. The average molecular weight is 1450 g/mol. The van der Waals surface area contributed by atoms with Crippen LogP contribution in [0.5, 0.6) is 5.75 Å². The normalized spacial score (nSPS) is 25.2. The summed E-state index contributed by atoms with van der Waals surface area (Å²) in [7, 11) is 2.64. The van der Waals surface area contributed by atoms with Gasteiger partial charge in [-0.2, -0.15) is 0 Å². The Balaban J connectivity index is 0.000000186. The van der Waals surface area contributed by atoms with Crippen molar-refractivity contribution >= 4 is 52.6 Å². The van der Waals surface area contributed by atoms with Crippen LogP contribution < -0.4 is 4.74 Å². The van der Waals surface area contributed by atoms with Crippen molar-refractivity contribution in [2.75, 3.05) is 53.9 Å². The number of carbonyl (C=O) groups is 7. The summed E-state index contributed by atoms with van der Waals surface area (Å²) in [4.78, 5) is 74.9. The highest BCUT2D eigenvalue weighted by molar-refractivity contribution is 5.91. The predicted molar refractivity (Wildman–Crippen MR) is 385 cm³/mol. The molecule has 10 fully saturated rings. The summed E-state index contributed by atoms with van der Waals surface area (Å²) >= 11 is 0. The topological polar surface area (TPSA) is 307 Å². The van der Waals surface area contributed by atoms with Crippen molar-refractivity contribution in [3.8, 4) is 5.75 Å². The molecule has 4 aromatic rings. The molecule has 6 heterocycles. The summed E-state index contributed by atoms with van der Waals surface area (Å²) in [6, 6.07) is 18.0. The summed E-state index contributed by atoms with van der Waals surface area (Å²) in [6.45, 7) is 36.1. The highest BCUT2D eigenvalue weighted by Gasteiger charge is 2.65. The minimum atomic E-state index is -0.853. The number of rotatable bonds is 21. The number of hydrogen-bond donors (Lipinski definition) is 2. The Labute approximate surface area is 610 Å². The van der Waals surface area contributed by atoms with E-state index in [2.05, 4.69) is 55.5 Å². The number of fused-ring (bicyclic) bond motifs is 15. The highest BCUT2D eigenvalue weighted by atomic mass is 16.6. The van der Waals surface area contributed by atoms with E-state index in [1.807, 2.05) is 24.3 Å². The molecule has 15 atom stereocenters. The van der Waals surface area contributed by atoms with Crippen LogP contribution >= 0.6 is 0 Å². The van der Waals surface area contributed by atoms with Crippen molar-refractivity contribution in [1.29, 1.82) is 0 Å². The van der Waals surface area contributed by atoms with Gasteiger partial charge in [-0.25, -0.2) is 33.6 Å². The first-order valence-corrected chi connectivity index (χ1v) is 35.3. The van der Waals surface area contributed by atoms with Crippen LogP contribution in [0, 0.1) is 47.3 Å². The fourth-order valence-electron chi connectivity index (χ4n) is 13.6. The first-order valence-electron chi connectivity index (χ1n) is 35.3. The van der Waals surface area contributed by atoms with Crippen molar-refractivity contribution in [1.82, 2.24) is 0 Å². The van der Waals surface area contributed by atoms with E-state index in [-0.39, 0.29) is 63.2 Å². The summed E-state index contributed by atoms with van der Waals surface area (Å²) in [5, 5.41) is 20.5. The largest absolute Gasteiger partial charge is 0.467 e. The lowest BCUT2D eigenvalue weighted by molar-refractivity contribution is -0.143. The molecular weight excluding hydrogens is 1340 g/mol. The van der Waals surface area contributed by atoms with E-state index >= 15 is 0 Å². The van der Waals surface area contributed by atoms with E-state index in [1.54, 1.807) is 110 Å². The maximum Gasteiger partial charge on any atom is 0.338 e. The maximum absolute atomic E-state index is 11.4. The zero-order valence-corrected chi connectivity index (χ0v) is 61.5. The number of epoxide rings is 3. The number of hydrogen-bond acceptors (Lipinski definition) is 23. The molecule has 2 aromatic carbocycles. The third-order valence-corrected chi connectivity index (χ3v) is 18.9. The van der Waals surface area contributed by atoms with Crippen LogP contribution in [0.1, 0.15) is 123 Å². The number of methoxy groups -OCH3 is 2. The number of ether oxygens (including phenoxy) is 12. The summed E-state index contributed by atoms with van der Waals surface area (Å²) < 4.78 is 69.4. The molecule has 0 spiro atoms. The third-order valence-electron chi connectivity index (χ3n) is 18.9. The van der Waals surface area contributed by atoms with E-state index < -0.39 is 30.0 Å². The number of furan rings is 2. The van der Waals surface area contributed by atoms with E-state index in [4.69, 9.17) is 61.3 Å². The fourth-order valence-corrected chi connectivity index (χ4v) is 13.6. The number of carbonyl (C=O) groups excluding carboxylic acids is 7. The second-order valence-corrected chi connectivity index (χ2v) is 27.5. The lowest BCUT2D eigenvalue weighted by Crippen LogP contribution is -2.23. The molecule has 4 saturated heterocycles. The SMILES string of the molecule is C1CC2CC1C1CC3OC3C21.C1CC2CC1C1CC3OC3C21.C=C(C)C(=O)OC.C=C(C)C(=O)OCC(O)COCc1ccco1.C=C(C)C(=O)OCC1CCCO1.C=C(C)C(=O)OCC1CO1.C=C(C)C(=O)OCc1ccco1.C=C(C)C(=O)Oc1ccc2cc(CO)ccc2c1.C=CC(=O)OC. The minimum absolute atomic E-state index is 0.0162. The van der Waals surface area contributed by atoms with Gasteiger partial charge in [-0.15, -0.1) is 0 Å². The Morgan fingerprint density at radius 3 is 1.44 bits per heavy atom. The average Bonchev–Trinajstić information content (AvgIpc) is 1.56. The molecule has 0 amide bonds. The van der Waals surface area contributed by atoms with Crippen molar-refractivity contribution in [2.45, 2.75) is 168 Å². The number of aliphatic hydroxyl groups is 2. The van der Waals surface area contributed by atoms with Crippen LogP contribution in [0.2, 0.25) is 0 Å². The Kier molecular flexibility index (Phi) is 34.4. The molecule has 0 radical (unpaired) electrons. The molecule has 568 valence electrons. The van der Waals surface area contributed by atoms with Gasteiger partial charge in [0.2, 0.25) is 0 Å². The maximum atomic E-state index is 11.4. The highest BCUT2D eigenvalue weighted by Crippen LogP contribution is 2.65. The summed E-state index contributed by atoms with van der Waals surface area (Å²) in [6.07, 6.45) is 20.7. The molecule has 2 aromatic heterocycles. The van der Waals surface area contributed by atoms with Crippen LogP contribution in [0.25, 0.3) is 10.8 Å². The lowest BCUT2D eigenvalue weighted by Gasteiger charge is -2.25. The molecule has 6 aliphatic carbocycles. The molecule has 2 N–H and O–H groups in total. The zero-order valence-electron chi connectivity index (χ0n) is 61.5. The van der Waals surface area contributed by atoms with Crippen LogP contribution in [0.3, 0.4) is 0 Å². The molecule has 6 saturated carbocycles. The molecular formula is C81H106O23. The molecule has 23 nitrogen and oxygen atoms in total. The molecule has 4 bridgehead atoms. The Morgan fingerprint density at radius 2 is 1.02 bits per heavy atom. The third kappa shape index (κ3) is 27.8. The van der Waals surface area contributed by atoms with Crippen LogP contribution in [0.15, 0.2) is 168 Å². The van der Waals surface area contributed by atoms with Gasteiger partial charge in [0.05, 0.1) is 77.1 Å². The zero-order chi connectivity index (χ0) is 76.2. The molecule has 4 aliphatic heterocycles. The van der Waals surface area contributed by atoms with Gasteiger partial charge in [-0.3, -0.25) is 0 Å². The second-order valence-electron chi connectivity index (χ2n) is 27.5. The van der Waals surface area contributed by atoms with Gasteiger partial charge in [0.15, 0.2) is 0 Å². The summed E-state index contributed by atoms with van der Waals surface area (Å²) in [5.74, 6) is 7.74. The predicted octanol–water partition coefficient (Wildman–Crippen LogP) is 12.5. The monoisotopic (exact) mass is 1450 g/mol. The van der Waals surface area contributed by atoms with E-state index in [9.17, 15) is 38.7 Å². The Bertz CT molecular complexity index is 3510. The van der Waals surface area contributed by atoms with Crippen molar-refractivity contribution < 1.29 is 109 Å². The quantitative estimate of drug-likeness (QED) is 0.0257. The minimum Gasteiger partial charge on any atom is -0.467 e. The fraction of sp³-hybridized carbons (Fsp3) is 0.519. The van der Waals surface area contributed by atoms with Crippen molar-refractivity contribution in [3.63, 3.8) is 0 Å². The second kappa shape index (κ2) is 42.4. The van der Waals surface area contributed by atoms with Gasteiger partial charge in [0.25, 0.3) is 0 Å². The smallest absolute Gasteiger partial charge is 0.338 e. The summed E-state index contributed by atoms with van der Waals surface area (Å²) in [5.41, 5.74) is 3.21. The van der Waals surface area contributed by atoms with Gasteiger partial charge >= 0.3 is 41.8 Å². The van der Waals surface area contributed by atoms with Gasteiger partial charge in [0, 0.05) is 46.1 Å². The lowest BCUT2D eigenvalue weighted by atomic mass is 9.81. The number of aliphatic hydroxyl groups excluding tert-OH is 2. The molecule has 14 rings (SSSR count). The first kappa shape index (κ1) is 84.4. The van der Waals surface area contributed by atoms with E-state index in [0.717, 1.165) is 114 Å². The van der Waals surface area contributed by atoms with Crippen molar-refractivity contribution in [3.05, 3.63) is 176 Å². The van der Waals surface area contributed by atoms with Gasteiger partial charge in [-0.1, -0.05) is 64.3 Å². The van der Waals surface area contributed by atoms with Crippen LogP contribution in [-0.4, -0.2) is 149 Å². The standard InChI is InChI=1S/C15H14O3.C12H16O5.2C10H14O.C9H14O3.C9H10O3.C7H10O3.C5H8O2.C4H6O2/c1-10(2)15(17)18-14-6-5-12-7-11(9-16)3-4-13(12)8-14;1-9(2)12(14)17-7-10(13)6-15-8-11-4-3-5-16-11;2*1-2-6-3-5(1)7-4-8-10(11-8)9(6)7;2*1-7(2)9(10)12-6-8-4-3-5-11-8;1-5(2)7(8)10-4-6-3-9-6;1-4(2)5(6)7-3;1-3-4(5)6-2/h3-8,16H,1,9H2,2H3;3-5,10,13H,1,6-8H2,2H3;2*5-10H,1-4H2;8H,1,3-6H2,2H3;3-5H,1,6H2,2H3;6H,1,3-4H2,2H3;1H2,2-3H3;3H,1H2,2H3. The molecule has 23 heteroatoms. The van der Waals surface area contributed by atoms with Gasteiger partial charge in [0.1, 0.15) is 62.5 Å². The van der Waals surface area contributed by atoms with Crippen LogP contribution in [-0.2, 0) is 105 Å². The number of esters is 7. The van der Waals surface area contributed by atoms with Gasteiger partial charge < -0.3 is 75.9 Å². The molecule has 104 heavy (non-hydrogen) atoms. The van der Waals surface area contributed by atoms with Crippen LogP contribution in [0.4, 0.5) is 0 Å².